The Morgan fingerprint density at radius 3 is 2.13 bits per heavy atom. The summed E-state index contributed by atoms with van der Waals surface area (Å²) >= 11 is 0. The highest BCUT2D eigenvalue weighted by atomic mass is 16.4. The van der Waals surface area contributed by atoms with Gasteiger partial charge in [0.25, 0.3) is 0 Å². The molecule has 2 fully saturated rings. The summed E-state index contributed by atoms with van der Waals surface area (Å²) in [6.45, 7) is 0.789. The summed E-state index contributed by atoms with van der Waals surface area (Å²) in [5.74, 6) is -2.25. The Labute approximate surface area is 221 Å². The van der Waals surface area contributed by atoms with Crippen molar-refractivity contribution in [2.45, 2.75) is 62.7 Å². The standard InChI is InChI=1S/C28H34N4O6/c29-21(16-18-6-2-1-3-7-18)26(35)32-15-5-9-24(32)27(36)31-14-4-8-23(31)25(34)30-22(28(37)38)17-19-10-12-20(33)13-11-19/h1-3,6-7,10-13,21-24,33H,4-5,8-9,14-17,29H2,(H,30,34)(H,37,38). The number of nitrogens with two attached hydrogens (primary N) is 1. The first kappa shape index (κ1) is 27.1. The maximum atomic E-state index is 13.6. The van der Waals surface area contributed by atoms with Gasteiger partial charge in [-0.15, -0.1) is 0 Å². The average Bonchev–Trinajstić information content (AvgIpc) is 3.59. The number of amides is 3. The van der Waals surface area contributed by atoms with Crippen LogP contribution >= 0.6 is 0 Å². The molecule has 4 unspecified atom stereocenters. The van der Waals surface area contributed by atoms with Crippen molar-refractivity contribution in [2.75, 3.05) is 13.1 Å². The minimum atomic E-state index is -1.19. The summed E-state index contributed by atoms with van der Waals surface area (Å²) in [6, 6.07) is 12.1. The highest BCUT2D eigenvalue weighted by Crippen LogP contribution is 2.26. The van der Waals surface area contributed by atoms with Crippen molar-refractivity contribution >= 4 is 23.7 Å². The average molecular weight is 523 g/mol. The molecule has 38 heavy (non-hydrogen) atoms. The lowest BCUT2D eigenvalue weighted by Crippen LogP contribution is -2.56. The Kier molecular flexibility index (Phi) is 8.62. The van der Waals surface area contributed by atoms with Gasteiger partial charge in [-0.2, -0.15) is 0 Å². The second-order valence-corrected chi connectivity index (χ2v) is 9.95. The van der Waals surface area contributed by atoms with Crippen LogP contribution in [0.2, 0.25) is 0 Å². The van der Waals surface area contributed by atoms with Crippen LogP contribution in [-0.2, 0) is 32.0 Å². The number of carbonyl (C=O) groups is 4. The molecule has 5 N–H and O–H groups in total. The Balaban J connectivity index is 1.40. The van der Waals surface area contributed by atoms with Crippen molar-refractivity contribution in [1.82, 2.24) is 15.1 Å². The number of carboxylic acids is 1. The Bertz CT molecular complexity index is 1160. The summed E-state index contributed by atoms with van der Waals surface area (Å²) in [4.78, 5) is 54.8. The first-order valence-electron chi connectivity index (χ1n) is 13.0. The lowest BCUT2D eigenvalue weighted by Gasteiger charge is -2.32. The Hall–Kier alpha value is -3.92. The molecule has 2 heterocycles. The zero-order chi connectivity index (χ0) is 27.2. The molecular weight excluding hydrogens is 488 g/mol. The molecule has 2 saturated heterocycles. The fourth-order valence-electron chi connectivity index (χ4n) is 5.29. The lowest BCUT2D eigenvalue weighted by molar-refractivity contribution is -0.148. The summed E-state index contributed by atoms with van der Waals surface area (Å²) in [6.07, 6.45) is 2.57. The van der Waals surface area contributed by atoms with Crippen LogP contribution in [0.4, 0.5) is 0 Å². The van der Waals surface area contributed by atoms with Crippen LogP contribution in [-0.4, -0.2) is 81.0 Å². The van der Waals surface area contributed by atoms with Crippen molar-refractivity contribution in [2.24, 2.45) is 5.73 Å². The number of benzene rings is 2. The number of aliphatic carboxylic acids is 1. The number of aromatic hydroxyl groups is 1. The van der Waals surface area contributed by atoms with E-state index in [9.17, 15) is 29.4 Å². The molecule has 0 aliphatic carbocycles. The molecule has 2 aromatic rings. The van der Waals surface area contributed by atoms with Gasteiger partial charge in [0.05, 0.1) is 6.04 Å². The van der Waals surface area contributed by atoms with Gasteiger partial charge in [-0.05, 0) is 55.4 Å². The molecule has 202 valence electrons. The van der Waals surface area contributed by atoms with E-state index in [-0.39, 0.29) is 24.0 Å². The number of phenols is 1. The second-order valence-electron chi connectivity index (χ2n) is 9.95. The number of nitrogens with zero attached hydrogens (tertiary/aromatic N) is 2. The molecule has 10 nitrogen and oxygen atoms in total. The summed E-state index contributed by atoms with van der Waals surface area (Å²) in [5.41, 5.74) is 7.80. The molecule has 0 bridgehead atoms. The van der Waals surface area contributed by atoms with Crippen molar-refractivity contribution in [3.05, 3.63) is 65.7 Å². The Morgan fingerprint density at radius 1 is 0.868 bits per heavy atom. The lowest BCUT2D eigenvalue weighted by atomic mass is 10.0. The van der Waals surface area contributed by atoms with Gasteiger partial charge in [-0.3, -0.25) is 14.4 Å². The van der Waals surface area contributed by atoms with Gasteiger partial charge in [0, 0.05) is 19.5 Å². The second kappa shape index (κ2) is 12.1. The predicted molar refractivity (Wildman–Crippen MR) is 139 cm³/mol. The van der Waals surface area contributed by atoms with Crippen LogP contribution in [0.1, 0.15) is 36.8 Å². The summed E-state index contributed by atoms with van der Waals surface area (Å²) in [7, 11) is 0. The van der Waals surface area contributed by atoms with E-state index >= 15 is 0 Å². The minimum Gasteiger partial charge on any atom is -0.508 e. The monoisotopic (exact) mass is 522 g/mol. The number of phenolic OH excluding ortho intramolecular Hbond substituents is 1. The first-order valence-corrected chi connectivity index (χ1v) is 13.0. The number of rotatable bonds is 9. The minimum absolute atomic E-state index is 0.0340. The molecule has 2 aliphatic heterocycles. The van der Waals surface area contributed by atoms with Gasteiger partial charge < -0.3 is 31.1 Å². The third-order valence-electron chi connectivity index (χ3n) is 7.27. The number of likely N-dealkylation sites (tertiary alicyclic amines) is 2. The molecule has 4 rings (SSSR count). The topological polar surface area (TPSA) is 153 Å². The van der Waals surface area contributed by atoms with Gasteiger partial charge in [-0.1, -0.05) is 42.5 Å². The number of hydrogen-bond donors (Lipinski definition) is 4. The van der Waals surface area contributed by atoms with E-state index in [4.69, 9.17) is 5.73 Å². The van der Waals surface area contributed by atoms with Gasteiger partial charge in [0.15, 0.2) is 0 Å². The van der Waals surface area contributed by atoms with Crippen molar-refractivity contribution < 1.29 is 29.4 Å². The molecule has 10 heteroatoms. The molecular formula is C28H34N4O6. The highest BCUT2D eigenvalue weighted by Gasteiger charge is 2.43. The zero-order valence-electron chi connectivity index (χ0n) is 21.2. The van der Waals surface area contributed by atoms with Crippen LogP contribution in [0.5, 0.6) is 5.75 Å². The highest BCUT2D eigenvalue weighted by molar-refractivity contribution is 5.95. The van der Waals surface area contributed by atoms with Crippen molar-refractivity contribution in [1.29, 1.82) is 0 Å². The number of carboxylic acid groups (broad SMARTS) is 1. The maximum absolute atomic E-state index is 13.6. The number of carbonyl (C=O) groups excluding carboxylic acids is 3. The SMILES string of the molecule is NC(Cc1ccccc1)C(=O)N1CCCC1C(=O)N1CCCC1C(=O)NC(Cc1ccc(O)cc1)C(=O)O. The van der Waals surface area contributed by atoms with Crippen molar-refractivity contribution in [3.63, 3.8) is 0 Å². The van der Waals surface area contributed by atoms with Crippen LogP contribution in [0.15, 0.2) is 54.6 Å². The van der Waals surface area contributed by atoms with Crippen LogP contribution in [0.3, 0.4) is 0 Å². The van der Waals surface area contributed by atoms with E-state index in [0.29, 0.717) is 50.8 Å². The predicted octanol–water partition coefficient (Wildman–Crippen LogP) is 1.06. The number of hydrogen-bond acceptors (Lipinski definition) is 6. The van der Waals surface area contributed by atoms with Crippen LogP contribution in [0.25, 0.3) is 0 Å². The molecule has 0 radical (unpaired) electrons. The van der Waals surface area contributed by atoms with E-state index in [1.807, 2.05) is 30.3 Å². The third kappa shape index (κ3) is 6.31. The summed E-state index contributed by atoms with van der Waals surface area (Å²) < 4.78 is 0. The van der Waals surface area contributed by atoms with Gasteiger partial charge in [0.2, 0.25) is 17.7 Å². The summed E-state index contributed by atoms with van der Waals surface area (Å²) in [5, 5.41) is 21.7. The molecule has 0 aromatic heterocycles. The smallest absolute Gasteiger partial charge is 0.326 e. The van der Waals surface area contributed by atoms with E-state index < -0.39 is 36.0 Å². The quantitative estimate of drug-likeness (QED) is 0.384. The molecule has 2 aromatic carbocycles. The van der Waals surface area contributed by atoms with E-state index in [2.05, 4.69) is 5.32 Å². The van der Waals surface area contributed by atoms with E-state index in [1.54, 1.807) is 12.1 Å². The van der Waals surface area contributed by atoms with Crippen molar-refractivity contribution in [3.8, 4) is 5.75 Å². The van der Waals surface area contributed by atoms with Gasteiger partial charge >= 0.3 is 5.97 Å². The molecule has 2 aliphatic rings. The zero-order valence-corrected chi connectivity index (χ0v) is 21.2. The maximum Gasteiger partial charge on any atom is 0.326 e. The molecule has 0 spiro atoms. The molecule has 0 saturated carbocycles. The molecule has 3 amide bonds. The fourth-order valence-corrected chi connectivity index (χ4v) is 5.29. The Morgan fingerprint density at radius 2 is 1.47 bits per heavy atom. The first-order chi connectivity index (χ1) is 18.2. The third-order valence-corrected chi connectivity index (χ3v) is 7.27. The van der Waals surface area contributed by atoms with E-state index in [0.717, 1.165) is 5.56 Å². The largest absolute Gasteiger partial charge is 0.508 e. The van der Waals surface area contributed by atoms with Gasteiger partial charge in [0.1, 0.15) is 23.9 Å². The fraction of sp³-hybridized carbons (Fsp3) is 0.429. The number of nitrogens with one attached hydrogen (secondary N) is 1. The van der Waals surface area contributed by atoms with Gasteiger partial charge in [-0.25, -0.2) is 4.79 Å². The van der Waals surface area contributed by atoms with Crippen LogP contribution in [0, 0.1) is 0 Å². The van der Waals surface area contributed by atoms with Crippen LogP contribution < -0.4 is 11.1 Å². The molecule has 4 atom stereocenters. The normalized spacial score (nSPS) is 20.7. The van der Waals surface area contributed by atoms with E-state index in [1.165, 1.54) is 21.9 Å².